The van der Waals surface area contributed by atoms with E-state index in [0.717, 1.165) is 11.1 Å². The summed E-state index contributed by atoms with van der Waals surface area (Å²) in [7, 11) is 0. The van der Waals surface area contributed by atoms with Crippen molar-refractivity contribution in [1.82, 2.24) is 20.1 Å². The van der Waals surface area contributed by atoms with Crippen molar-refractivity contribution in [2.75, 3.05) is 0 Å². The Kier molecular flexibility index (Phi) is 4.70. The van der Waals surface area contributed by atoms with Crippen molar-refractivity contribution in [1.29, 1.82) is 0 Å². The highest BCUT2D eigenvalue weighted by Gasteiger charge is 2.15. The third-order valence-corrected chi connectivity index (χ3v) is 3.78. The van der Waals surface area contributed by atoms with Crippen LogP contribution in [0.2, 0.25) is 0 Å². The molecule has 0 saturated heterocycles. The Labute approximate surface area is 141 Å². The molecule has 5 nitrogen and oxygen atoms in total. The normalized spacial score (nSPS) is 11.9. The predicted octanol–water partition coefficient (Wildman–Crippen LogP) is 3.13. The Morgan fingerprint density at radius 2 is 1.71 bits per heavy atom. The fraction of sp³-hybridized carbons (Fsp3) is 0.211. The maximum Gasteiger partial charge on any atom is 0.242 e. The minimum Gasteiger partial charge on any atom is -0.348 e. The largest absolute Gasteiger partial charge is 0.348 e. The Hall–Kier alpha value is -2.95. The fourth-order valence-corrected chi connectivity index (χ4v) is 2.61. The minimum absolute atomic E-state index is 0.0523. The van der Waals surface area contributed by atoms with E-state index in [1.807, 2.05) is 74.5 Å². The van der Waals surface area contributed by atoms with Gasteiger partial charge in [0.1, 0.15) is 12.4 Å². The van der Waals surface area contributed by atoms with Gasteiger partial charge in [0.25, 0.3) is 0 Å². The molecule has 1 N–H and O–H groups in total. The van der Waals surface area contributed by atoms with Gasteiger partial charge in [0.15, 0.2) is 5.82 Å². The number of hydrogen-bond acceptors (Lipinski definition) is 3. The lowest BCUT2D eigenvalue weighted by molar-refractivity contribution is -0.122. The summed E-state index contributed by atoms with van der Waals surface area (Å²) in [6, 6.07) is 19.6. The Morgan fingerprint density at radius 3 is 2.38 bits per heavy atom. The van der Waals surface area contributed by atoms with Gasteiger partial charge >= 0.3 is 0 Å². The van der Waals surface area contributed by atoms with E-state index < -0.39 is 0 Å². The van der Waals surface area contributed by atoms with Crippen molar-refractivity contribution in [2.45, 2.75) is 26.4 Å². The standard InChI is InChI=1S/C19H20N4O/c1-14(16-9-5-3-6-10-16)20-18(24)13-23-19(21-15(2)22-23)17-11-7-4-8-12-17/h3-12,14H,13H2,1-2H3,(H,20,24)/t14-/m1/s1. The number of hydrogen-bond donors (Lipinski definition) is 1. The van der Waals surface area contributed by atoms with Crippen molar-refractivity contribution in [3.63, 3.8) is 0 Å². The molecule has 1 heterocycles. The molecule has 3 rings (SSSR count). The smallest absolute Gasteiger partial charge is 0.242 e. The van der Waals surface area contributed by atoms with Crippen molar-refractivity contribution in [2.24, 2.45) is 0 Å². The van der Waals surface area contributed by atoms with Crippen LogP contribution in [-0.4, -0.2) is 20.7 Å². The van der Waals surface area contributed by atoms with Crippen LogP contribution in [-0.2, 0) is 11.3 Å². The highest BCUT2D eigenvalue weighted by Crippen LogP contribution is 2.17. The van der Waals surface area contributed by atoms with Crippen molar-refractivity contribution in [3.05, 3.63) is 72.1 Å². The molecule has 0 aliphatic heterocycles. The second kappa shape index (κ2) is 7.08. The highest BCUT2D eigenvalue weighted by atomic mass is 16.2. The van der Waals surface area contributed by atoms with Crippen molar-refractivity contribution >= 4 is 5.91 Å². The van der Waals surface area contributed by atoms with Crippen molar-refractivity contribution < 1.29 is 4.79 Å². The first kappa shape index (κ1) is 15.9. The fourth-order valence-electron chi connectivity index (χ4n) is 2.61. The molecular weight excluding hydrogens is 300 g/mol. The van der Waals surface area contributed by atoms with E-state index in [1.165, 1.54) is 0 Å². The minimum atomic E-state index is -0.0894. The van der Waals surface area contributed by atoms with E-state index in [9.17, 15) is 4.79 Å². The van der Waals surface area contributed by atoms with Gasteiger partial charge in [-0.2, -0.15) is 5.10 Å². The zero-order valence-electron chi connectivity index (χ0n) is 13.8. The van der Waals surface area contributed by atoms with Crippen LogP contribution in [0.4, 0.5) is 0 Å². The molecule has 122 valence electrons. The van der Waals surface area contributed by atoms with Crippen LogP contribution in [0.25, 0.3) is 11.4 Å². The van der Waals surface area contributed by atoms with Crippen LogP contribution in [0.3, 0.4) is 0 Å². The number of nitrogens with one attached hydrogen (secondary N) is 1. The first-order valence-corrected chi connectivity index (χ1v) is 7.94. The average molecular weight is 320 g/mol. The zero-order chi connectivity index (χ0) is 16.9. The molecule has 1 atom stereocenters. The van der Waals surface area contributed by atoms with Crippen LogP contribution in [0.15, 0.2) is 60.7 Å². The monoisotopic (exact) mass is 320 g/mol. The summed E-state index contributed by atoms with van der Waals surface area (Å²) in [5, 5.41) is 7.36. The molecule has 1 aromatic heterocycles. The van der Waals surface area contributed by atoms with Crippen LogP contribution in [0.1, 0.15) is 24.4 Å². The van der Waals surface area contributed by atoms with E-state index in [0.29, 0.717) is 11.6 Å². The highest BCUT2D eigenvalue weighted by molar-refractivity contribution is 5.76. The second-order valence-electron chi connectivity index (χ2n) is 5.71. The molecule has 0 aliphatic rings. The van der Waals surface area contributed by atoms with Gasteiger partial charge in [0.2, 0.25) is 5.91 Å². The number of rotatable bonds is 5. The molecule has 1 amide bonds. The van der Waals surface area contributed by atoms with Gasteiger partial charge in [0, 0.05) is 5.56 Å². The number of carbonyl (C=O) groups is 1. The van der Waals surface area contributed by atoms with E-state index in [4.69, 9.17) is 0 Å². The SMILES string of the molecule is Cc1nc(-c2ccccc2)n(CC(=O)N[C@H](C)c2ccccc2)n1. The van der Waals surface area contributed by atoms with Gasteiger partial charge < -0.3 is 5.32 Å². The zero-order valence-corrected chi connectivity index (χ0v) is 13.8. The third kappa shape index (κ3) is 3.68. The molecule has 0 saturated carbocycles. The van der Waals surface area contributed by atoms with Gasteiger partial charge in [-0.3, -0.25) is 4.79 Å². The molecule has 0 unspecified atom stereocenters. The Morgan fingerprint density at radius 1 is 1.08 bits per heavy atom. The first-order valence-electron chi connectivity index (χ1n) is 7.94. The molecule has 0 bridgehead atoms. The first-order chi connectivity index (χ1) is 11.6. The summed E-state index contributed by atoms with van der Waals surface area (Å²) >= 11 is 0. The molecule has 0 aliphatic carbocycles. The second-order valence-corrected chi connectivity index (χ2v) is 5.71. The van der Waals surface area contributed by atoms with E-state index in [1.54, 1.807) is 4.68 Å². The third-order valence-electron chi connectivity index (χ3n) is 3.78. The van der Waals surface area contributed by atoms with Gasteiger partial charge in [-0.1, -0.05) is 60.7 Å². The summed E-state index contributed by atoms with van der Waals surface area (Å²) < 4.78 is 1.65. The van der Waals surface area contributed by atoms with E-state index >= 15 is 0 Å². The number of aromatic nitrogens is 3. The van der Waals surface area contributed by atoms with E-state index in [2.05, 4.69) is 15.4 Å². The molecule has 0 fully saturated rings. The molecule has 0 radical (unpaired) electrons. The lowest BCUT2D eigenvalue weighted by Gasteiger charge is -2.14. The van der Waals surface area contributed by atoms with Crippen LogP contribution >= 0.6 is 0 Å². The summed E-state index contributed by atoms with van der Waals surface area (Å²) in [6.07, 6.45) is 0. The number of amides is 1. The van der Waals surface area contributed by atoms with Gasteiger partial charge in [0.05, 0.1) is 6.04 Å². The van der Waals surface area contributed by atoms with E-state index in [-0.39, 0.29) is 18.5 Å². The average Bonchev–Trinajstić information content (AvgIpc) is 2.96. The molecule has 0 spiro atoms. The Balaban J connectivity index is 1.73. The van der Waals surface area contributed by atoms with Gasteiger partial charge in [-0.25, -0.2) is 9.67 Å². The maximum atomic E-state index is 12.4. The molecule has 24 heavy (non-hydrogen) atoms. The van der Waals surface area contributed by atoms with Gasteiger partial charge in [-0.05, 0) is 19.4 Å². The van der Waals surface area contributed by atoms with Crippen LogP contribution < -0.4 is 5.32 Å². The van der Waals surface area contributed by atoms with Crippen molar-refractivity contribution in [3.8, 4) is 11.4 Å². The molecule has 3 aromatic rings. The maximum absolute atomic E-state index is 12.4. The molecular formula is C19H20N4O. The summed E-state index contributed by atoms with van der Waals surface area (Å²) in [4.78, 5) is 16.8. The topological polar surface area (TPSA) is 59.8 Å². The van der Waals surface area contributed by atoms with Gasteiger partial charge in [-0.15, -0.1) is 0 Å². The van der Waals surface area contributed by atoms with Crippen LogP contribution in [0, 0.1) is 6.92 Å². The summed E-state index contributed by atoms with van der Waals surface area (Å²) in [5.41, 5.74) is 2.02. The Bertz CT molecular complexity index is 812. The predicted molar refractivity (Wildman–Crippen MR) is 93.2 cm³/mol. The van der Waals surface area contributed by atoms with Crippen LogP contribution in [0.5, 0.6) is 0 Å². The summed E-state index contributed by atoms with van der Waals surface area (Å²) in [5.74, 6) is 1.27. The quantitative estimate of drug-likeness (QED) is 0.785. The number of benzene rings is 2. The molecule has 2 aromatic carbocycles. The lowest BCUT2D eigenvalue weighted by atomic mass is 10.1. The number of carbonyl (C=O) groups excluding carboxylic acids is 1. The molecule has 5 heteroatoms. The lowest BCUT2D eigenvalue weighted by Crippen LogP contribution is -2.30. The number of nitrogens with zero attached hydrogens (tertiary/aromatic N) is 3. The summed E-state index contributed by atoms with van der Waals surface area (Å²) in [6.45, 7) is 3.94. The number of aryl methyl sites for hydroxylation is 1.